The first-order chi connectivity index (χ1) is 13.2. The molecular formula is C22H21NO3S. The lowest BCUT2D eigenvalue weighted by molar-refractivity contribution is -0.122. The molecule has 1 unspecified atom stereocenters. The van der Waals surface area contributed by atoms with Gasteiger partial charge in [0.2, 0.25) is 5.91 Å². The Morgan fingerprint density at radius 2 is 1.70 bits per heavy atom. The minimum absolute atomic E-state index is 0.0477. The minimum Gasteiger partial charge on any atom is -0.457 e. The summed E-state index contributed by atoms with van der Waals surface area (Å²) in [5, 5.41) is 3.08. The molecule has 1 aliphatic rings. The number of nitrogens with one attached hydrogen (secondary N) is 1. The Morgan fingerprint density at radius 3 is 2.26 bits per heavy atom. The van der Waals surface area contributed by atoms with E-state index in [1.165, 1.54) is 4.88 Å². The van der Waals surface area contributed by atoms with Gasteiger partial charge in [-0.1, -0.05) is 36.4 Å². The van der Waals surface area contributed by atoms with Gasteiger partial charge < -0.3 is 14.8 Å². The Kier molecular flexibility index (Phi) is 4.97. The summed E-state index contributed by atoms with van der Waals surface area (Å²) in [6, 6.07) is 19.5. The normalized spacial score (nSPS) is 14.0. The quantitative estimate of drug-likeness (QED) is 0.693. The Labute approximate surface area is 162 Å². The summed E-state index contributed by atoms with van der Waals surface area (Å²) in [7, 11) is 1.67. The van der Waals surface area contributed by atoms with Gasteiger partial charge in [0.1, 0.15) is 17.6 Å². The van der Waals surface area contributed by atoms with Crippen molar-refractivity contribution in [2.24, 2.45) is 0 Å². The van der Waals surface area contributed by atoms with Crippen molar-refractivity contribution in [3.63, 3.8) is 0 Å². The summed E-state index contributed by atoms with van der Waals surface area (Å²) in [4.78, 5) is 15.5. The molecule has 0 aliphatic carbocycles. The first-order valence-corrected chi connectivity index (χ1v) is 9.71. The van der Waals surface area contributed by atoms with Crippen molar-refractivity contribution in [3.8, 4) is 11.5 Å². The van der Waals surface area contributed by atoms with Gasteiger partial charge in [-0.05, 0) is 31.2 Å². The van der Waals surface area contributed by atoms with Crippen LogP contribution in [0.1, 0.15) is 32.9 Å². The Hall–Kier alpha value is -2.63. The molecule has 1 N–H and O–H groups in total. The van der Waals surface area contributed by atoms with Crippen LogP contribution in [0.15, 0.2) is 60.7 Å². The number of amides is 1. The third-order valence-corrected chi connectivity index (χ3v) is 5.86. The molecule has 1 aromatic heterocycles. The zero-order valence-electron chi connectivity index (χ0n) is 15.3. The zero-order chi connectivity index (χ0) is 18.8. The summed E-state index contributed by atoms with van der Waals surface area (Å²) < 4.78 is 11.6. The fourth-order valence-electron chi connectivity index (χ4n) is 3.41. The monoisotopic (exact) mass is 379 g/mol. The van der Waals surface area contributed by atoms with Crippen molar-refractivity contribution < 1.29 is 14.3 Å². The van der Waals surface area contributed by atoms with Gasteiger partial charge in [0.25, 0.3) is 0 Å². The number of thiophene rings is 1. The van der Waals surface area contributed by atoms with Gasteiger partial charge >= 0.3 is 0 Å². The molecule has 1 amide bonds. The van der Waals surface area contributed by atoms with Gasteiger partial charge in [0.15, 0.2) is 0 Å². The summed E-state index contributed by atoms with van der Waals surface area (Å²) in [5.74, 6) is 1.02. The fourth-order valence-corrected chi connectivity index (χ4v) is 4.37. The van der Waals surface area contributed by atoms with Crippen LogP contribution in [0.5, 0.6) is 11.5 Å². The van der Waals surface area contributed by atoms with E-state index in [0.717, 1.165) is 27.5 Å². The number of hydrogen-bond donors (Lipinski definition) is 1. The molecule has 0 saturated carbocycles. The van der Waals surface area contributed by atoms with Crippen LogP contribution in [0.2, 0.25) is 0 Å². The van der Waals surface area contributed by atoms with E-state index in [0.29, 0.717) is 6.54 Å². The number of carbonyl (C=O) groups excluding carboxylic acids is 1. The van der Waals surface area contributed by atoms with Crippen LogP contribution in [0.4, 0.5) is 0 Å². The molecule has 138 valence electrons. The van der Waals surface area contributed by atoms with Gasteiger partial charge in [-0.15, -0.1) is 11.3 Å². The molecule has 0 bridgehead atoms. The molecule has 2 heterocycles. The number of aryl methyl sites for hydroxylation is 1. The summed E-state index contributed by atoms with van der Waals surface area (Å²) >= 11 is 1.69. The van der Waals surface area contributed by atoms with Crippen LogP contribution >= 0.6 is 11.3 Å². The topological polar surface area (TPSA) is 47.6 Å². The highest BCUT2D eigenvalue weighted by Crippen LogP contribution is 2.43. The van der Waals surface area contributed by atoms with Crippen molar-refractivity contribution in [1.82, 2.24) is 5.32 Å². The molecule has 4 nitrogen and oxygen atoms in total. The Bertz CT molecular complexity index is 920. The van der Waals surface area contributed by atoms with Gasteiger partial charge in [-0.3, -0.25) is 4.79 Å². The van der Waals surface area contributed by atoms with Crippen molar-refractivity contribution in [3.05, 3.63) is 81.5 Å². The fraction of sp³-hybridized carbons (Fsp3) is 0.227. The summed E-state index contributed by atoms with van der Waals surface area (Å²) in [6.07, 6.45) is -0.155. The average molecular weight is 379 g/mol. The predicted octanol–water partition coefficient (Wildman–Crippen LogP) is 4.80. The average Bonchev–Trinajstić information content (AvgIpc) is 3.12. The van der Waals surface area contributed by atoms with Gasteiger partial charge in [-0.2, -0.15) is 0 Å². The predicted molar refractivity (Wildman–Crippen MR) is 107 cm³/mol. The van der Waals surface area contributed by atoms with Crippen LogP contribution in [0.3, 0.4) is 0 Å². The number of ether oxygens (including phenoxy) is 2. The van der Waals surface area contributed by atoms with Gasteiger partial charge in [-0.25, -0.2) is 0 Å². The third kappa shape index (κ3) is 3.48. The first kappa shape index (κ1) is 17.8. The Morgan fingerprint density at radius 1 is 1.07 bits per heavy atom. The maximum atomic E-state index is 13.2. The van der Waals surface area contributed by atoms with Crippen molar-refractivity contribution in [1.29, 1.82) is 0 Å². The van der Waals surface area contributed by atoms with Gasteiger partial charge in [0.05, 0.1) is 5.92 Å². The van der Waals surface area contributed by atoms with Gasteiger partial charge in [0, 0.05) is 34.5 Å². The number of rotatable bonds is 5. The smallest absolute Gasteiger partial charge is 0.232 e. The molecule has 4 rings (SSSR count). The van der Waals surface area contributed by atoms with Crippen LogP contribution < -0.4 is 10.1 Å². The maximum Gasteiger partial charge on any atom is 0.232 e. The molecule has 1 atom stereocenters. The van der Waals surface area contributed by atoms with E-state index < -0.39 is 5.92 Å². The Balaban J connectivity index is 1.58. The molecule has 27 heavy (non-hydrogen) atoms. The molecule has 0 radical (unpaired) electrons. The molecular weight excluding hydrogens is 358 g/mol. The molecule has 1 aliphatic heterocycles. The highest BCUT2D eigenvalue weighted by Gasteiger charge is 2.32. The van der Waals surface area contributed by atoms with E-state index in [4.69, 9.17) is 9.47 Å². The molecule has 0 spiro atoms. The second-order valence-corrected chi connectivity index (χ2v) is 7.85. The van der Waals surface area contributed by atoms with E-state index in [2.05, 4.69) is 24.4 Å². The molecule has 0 saturated heterocycles. The highest BCUT2D eigenvalue weighted by atomic mass is 32.1. The number of methoxy groups -OCH3 is 1. The lowest BCUT2D eigenvalue weighted by Crippen LogP contribution is -2.34. The number of para-hydroxylation sites is 2. The van der Waals surface area contributed by atoms with Crippen LogP contribution in [-0.2, 0) is 9.53 Å². The number of fused-ring (bicyclic) bond motifs is 2. The van der Waals surface area contributed by atoms with Crippen molar-refractivity contribution in [2.75, 3.05) is 13.7 Å². The molecule has 3 aromatic rings. The maximum absolute atomic E-state index is 13.2. The number of benzene rings is 2. The number of hydrogen-bond acceptors (Lipinski definition) is 4. The van der Waals surface area contributed by atoms with E-state index in [-0.39, 0.29) is 12.0 Å². The summed E-state index contributed by atoms with van der Waals surface area (Å²) in [6.45, 7) is 2.49. The van der Waals surface area contributed by atoms with Crippen molar-refractivity contribution >= 4 is 17.2 Å². The zero-order valence-corrected chi connectivity index (χ0v) is 16.1. The van der Waals surface area contributed by atoms with Crippen LogP contribution in [0, 0.1) is 6.92 Å². The SMILES string of the molecule is COC(CNC(=O)C1c2ccccc2Oc2ccccc21)c1ccc(C)s1. The second kappa shape index (κ2) is 7.55. The first-order valence-electron chi connectivity index (χ1n) is 8.90. The lowest BCUT2D eigenvalue weighted by Gasteiger charge is -2.28. The van der Waals surface area contributed by atoms with Crippen LogP contribution in [0.25, 0.3) is 0 Å². The van der Waals surface area contributed by atoms with E-state index >= 15 is 0 Å². The minimum atomic E-state index is -0.395. The molecule has 0 fully saturated rings. The molecule has 2 aromatic carbocycles. The van der Waals surface area contributed by atoms with E-state index in [1.54, 1.807) is 18.4 Å². The summed E-state index contributed by atoms with van der Waals surface area (Å²) in [5.41, 5.74) is 1.77. The van der Waals surface area contributed by atoms with Crippen molar-refractivity contribution in [2.45, 2.75) is 18.9 Å². The number of carbonyl (C=O) groups is 1. The lowest BCUT2D eigenvalue weighted by atomic mass is 9.87. The second-order valence-electron chi connectivity index (χ2n) is 6.53. The molecule has 5 heteroatoms. The van der Waals surface area contributed by atoms with Crippen LogP contribution in [-0.4, -0.2) is 19.6 Å². The van der Waals surface area contributed by atoms with E-state index in [1.807, 2.05) is 48.5 Å². The highest BCUT2D eigenvalue weighted by molar-refractivity contribution is 7.12. The largest absolute Gasteiger partial charge is 0.457 e. The van der Waals surface area contributed by atoms with E-state index in [9.17, 15) is 4.79 Å². The standard InChI is InChI=1S/C22H21NO3S/c1-14-11-12-20(27-14)19(25-2)13-23-22(24)21-15-7-3-5-9-17(15)26-18-10-6-4-8-16(18)21/h3-12,19,21H,13H2,1-2H3,(H,23,24). The third-order valence-electron chi connectivity index (χ3n) is 4.77.